The fraction of sp³-hybridized carbons (Fsp3) is 0.625. The number of hydrogen-bond donors (Lipinski definition) is 1. The smallest absolute Gasteiger partial charge is 0.407 e. The predicted octanol–water partition coefficient (Wildman–Crippen LogP) is 3.70. The van der Waals surface area contributed by atoms with Crippen LogP contribution < -0.4 is 5.32 Å². The number of esters is 1. The lowest BCUT2D eigenvalue weighted by Gasteiger charge is -2.33. The predicted molar refractivity (Wildman–Crippen MR) is 118 cm³/mol. The topological polar surface area (TPSA) is 84.9 Å². The zero-order chi connectivity index (χ0) is 22.9. The second-order valence-electron chi connectivity index (χ2n) is 9.12. The summed E-state index contributed by atoms with van der Waals surface area (Å²) in [5.41, 5.74) is 0.769. The molecule has 1 N–H and O–H groups in total. The zero-order valence-electron chi connectivity index (χ0n) is 19.2. The molecule has 7 nitrogen and oxygen atoms in total. The van der Waals surface area contributed by atoms with Crippen LogP contribution in [0.4, 0.5) is 4.79 Å². The van der Waals surface area contributed by atoms with Gasteiger partial charge in [-0.05, 0) is 64.9 Å². The van der Waals surface area contributed by atoms with Gasteiger partial charge in [0, 0.05) is 26.1 Å². The number of amides is 2. The van der Waals surface area contributed by atoms with E-state index in [1.807, 2.05) is 6.07 Å². The van der Waals surface area contributed by atoms with Crippen LogP contribution in [0.15, 0.2) is 30.3 Å². The molecule has 1 saturated heterocycles. The number of nitrogens with zero attached hydrogens (tertiary/aromatic N) is 1. The average Bonchev–Trinajstić information content (AvgIpc) is 2.71. The third kappa shape index (κ3) is 9.40. The van der Waals surface area contributed by atoms with E-state index in [2.05, 4.69) is 29.6 Å². The summed E-state index contributed by atoms with van der Waals surface area (Å²) in [5, 5.41) is 2.60. The van der Waals surface area contributed by atoms with Crippen molar-refractivity contribution in [2.75, 3.05) is 19.6 Å². The van der Waals surface area contributed by atoms with Gasteiger partial charge in [0.2, 0.25) is 0 Å². The van der Waals surface area contributed by atoms with Gasteiger partial charge in [-0.15, -0.1) is 0 Å². The molecule has 0 aliphatic carbocycles. The first kappa shape index (κ1) is 24.7. The Bertz CT molecular complexity index is 721. The number of alkyl carbamates (subject to hydrolysis) is 1. The van der Waals surface area contributed by atoms with Crippen molar-refractivity contribution in [3.8, 4) is 0 Å². The summed E-state index contributed by atoms with van der Waals surface area (Å²) < 4.78 is 10.4. The van der Waals surface area contributed by atoms with Crippen LogP contribution in [0, 0.1) is 5.92 Å². The highest BCUT2D eigenvalue weighted by molar-refractivity contribution is 5.83. The highest BCUT2D eigenvalue weighted by atomic mass is 16.6. The minimum Gasteiger partial charge on any atom is -0.453 e. The van der Waals surface area contributed by atoms with Gasteiger partial charge in [-0.25, -0.2) is 4.79 Å². The molecule has 0 saturated carbocycles. The monoisotopic (exact) mass is 432 g/mol. The van der Waals surface area contributed by atoms with Crippen molar-refractivity contribution in [1.29, 1.82) is 0 Å². The van der Waals surface area contributed by atoms with Crippen molar-refractivity contribution in [2.24, 2.45) is 5.92 Å². The van der Waals surface area contributed by atoms with Gasteiger partial charge in [-0.3, -0.25) is 9.59 Å². The molecule has 1 aromatic rings. The Labute approximate surface area is 185 Å². The lowest BCUT2D eigenvalue weighted by molar-refractivity contribution is -0.159. The summed E-state index contributed by atoms with van der Waals surface area (Å²) in [6, 6.07) is 10.4. The van der Waals surface area contributed by atoms with Crippen LogP contribution >= 0.6 is 0 Å². The second-order valence-corrected chi connectivity index (χ2v) is 9.12. The van der Waals surface area contributed by atoms with E-state index in [-0.39, 0.29) is 12.3 Å². The van der Waals surface area contributed by atoms with Gasteiger partial charge in [0.1, 0.15) is 5.60 Å². The molecule has 1 heterocycles. The maximum Gasteiger partial charge on any atom is 0.407 e. The van der Waals surface area contributed by atoms with Gasteiger partial charge in [0.25, 0.3) is 5.91 Å². The van der Waals surface area contributed by atoms with Gasteiger partial charge >= 0.3 is 12.1 Å². The van der Waals surface area contributed by atoms with E-state index in [1.165, 1.54) is 5.56 Å². The van der Waals surface area contributed by atoms with E-state index >= 15 is 0 Å². The van der Waals surface area contributed by atoms with Crippen molar-refractivity contribution in [3.05, 3.63) is 35.9 Å². The van der Waals surface area contributed by atoms with Crippen molar-refractivity contribution in [1.82, 2.24) is 10.2 Å². The SMILES string of the molecule is C[C@H](OC(=O)CCCNC(=O)OC(C)(C)C)C(=O)N1CCC(Cc2ccccc2)CC1. The van der Waals surface area contributed by atoms with Crippen molar-refractivity contribution in [2.45, 2.75) is 71.5 Å². The molecule has 1 aliphatic rings. The summed E-state index contributed by atoms with van der Waals surface area (Å²) >= 11 is 0. The molecule has 7 heteroatoms. The Hall–Kier alpha value is -2.57. The Morgan fingerprint density at radius 2 is 1.77 bits per heavy atom. The Balaban J connectivity index is 1.63. The lowest BCUT2D eigenvalue weighted by atomic mass is 9.90. The summed E-state index contributed by atoms with van der Waals surface area (Å²) in [4.78, 5) is 38.0. The number of rotatable bonds is 8. The standard InChI is InChI=1S/C24H36N2O5/c1-18(30-21(27)11-8-14-25-23(29)31-24(2,3)4)22(28)26-15-12-20(13-16-26)17-19-9-6-5-7-10-19/h5-7,9-10,18,20H,8,11-17H2,1-4H3,(H,25,29)/t18-/m0/s1. The fourth-order valence-electron chi connectivity index (χ4n) is 3.61. The van der Waals surface area contributed by atoms with Gasteiger partial charge in [-0.2, -0.15) is 0 Å². The number of piperidine rings is 1. The van der Waals surface area contributed by atoms with Crippen LogP contribution in [0.25, 0.3) is 0 Å². The van der Waals surface area contributed by atoms with Gasteiger partial charge in [0.05, 0.1) is 0 Å². The van der Waals surface area contributed by atoms with E-state index in [0.29, 0.717) is 32.0 Å². The van der Waals surface area contributed by atoms with E-state index in [9.17, 15) is 14.4 Å². The average molecular weight is 433 g/mol. The molecular formula is C24H36N2O5. The Kier molecular flexibility index (Phi) is 9.34. The number of likely N-dealkylation sites (tertiary alicyclic amines) is 1. The molecule has 2 amide bonds. The Morgan fingerprint density at radius 1 is 1.13 bits per heavy atom. The molecule has 0 unspecified atom stereocenters. The second kappa shape index (κ2) is 11.7. The molecule has 0 radical (unpaired) electrons. The van der Waals surface area contributed by atoms with E-state index in [4.69, 9.17) is 9.47 Å². The summed E-state index contributed by atoms with van der Waals surface area (Å²) in [6.45, 7) is 8.67. The number of carbonyl (C=O) groups is 3. The molecule has 0 spiro atoms. The van der Waals surface area contributed by atoms with Crippen molar-refractivity contribution in [3.63, 3.8) is 0 Å². The number of carbonyl (C=O) groups excluding carboxylic acids is 3. The molecule has 1 atom stereocenters. The first-order chi connectivity index (χ1) is 14.6. The van der Waals surface area contributed by atoms with Crippen LogP contribution in [0.3, 0.4) is 0 Å². The minimum atomic E-state index is -0.794. The molecule has 2 rings (SSSR count). The van der Waals surface area contributed by atoms with Crippen LogP contribution in [-0.2, 0) is 25.5 Å². The maximum absolute atomic E-state index is 12.6. The number of nitrogens with one attached hydrogen (secondary N) is 1. The summed E-state index contributed by atoms with van der Waals surface area (Å²) in [6.07, 6.45) is 2.19. The number of hydrogen-bond acceptors (Lipinski definition) is 5. The third-order valence-corrected chi connectivity index (χ3v) is 5.18. The first-order valence-corrected chi connectivity index (χ1v) is 11.1. The quantitative estimate of drug-likeness (QED) is 0.500. The molecular weight excluding hydrogens is 396 g/mol. The highest BCUT2D eigenvalue weighted by Gasteiger charge is 2.28. The largest absolute Gasteiger partial charge is 0.453 e. The zero-order valence-corrected chi connectivity index (χ0v) is 19.2. The molecule has 0 aromatic heterocycles. The highest BCUT2D eigenvalue weighted by Crippen LogP contribution is 2.22. The first-order valence-electron chi connectivity index (χ1n) is 11.1. The van der Waals surface area contributed by atoms with Gasteiger partial charge in [-0.1, -0.05) is 30.3 Å². The molecule has 1 aromatic carbocycles. The molecule has 0 bridgehead atoms. The van der Waals surface area contributed by atoms with E-state index in [1.54, 1.807) is 32.6 Å². The summed E-state index contributed by atoms with van der Waals surface area (Å²) in [7, 11) is 0. The van der Waals surface area contributed by atoms with Crippen LogP contribution in [0.5, 0.6) is 0 Å². The van der Waals surface area contributed by atoms with Crippen LogP contribution in [-0.4, -0.2) is 54.2 Å². The maximum atomic E-state index is 12.6. The van der Waals surface area contributed by atoms with Crippen molar-refractivity contribution >= 4 is 18.0 Å². The normalized spacial score (nSPS) is 15.8. The number of ether oxygens (including phenoxy) is 2. The lowest BCUT2D eigenvalue weighted by Crippen LogP contribution is -2.44. The molecule has 172 valence electrons. The third-order valence-electron chi connectivity index (χ3n) is 5.18. The van der Waals surface area contributed by atoms with Gasteiger partial charge < -0.3 is 19.7 Å². The fourth-order valence-corrected chi connectivity index (χ4v) is 3.61. The minimum absolute atomic E-state index is 0.132. The van der Waals surface area contributed by atoms with E-state index < -0.39 is 23.8 Å². The summed E-state index contributed by atoms with van der Waals surface area (Å²) in [5.74, 6) is -0.00836. The molecule has 1 aliphatic heterocycles. The number of benzene rings is 1. The Morgan fingerprint density at radius 3 is 2.39 bits per heavy atom. The molecule has 1 fully saturated rings. The van der Waals surface area contributed by atoms with Crippen LogP contribution in [0.2, 0.25) is 0 Å². The molecule has 31 heavy (non-hydrogen) atoms. The van der Waals surface area contributed by atoms with Crippen LogP contribution in [0.1, 0.15) is 58.9 Å². The van der Waals surface area contributed by atoms with E-state index in [0.717, 1.165) is 19.3 Å². The van der Waals surface area contributed by atoms with Crippen molar-refractivity contribution < 1.29 is 23.9 Å². The van der Waals surface area contributed by atoms with Gasteiger partial charge in [0.15, 0.2) is 6.10 Å².